The van der Waals surface area contributed by atoms with Gasteiger partial charge in [0.25, 0.3) is 0 Å². The Balaban J connectivity index is 1.40. The van der Waals surface area contributed by atoms with E-state index >= 15 is 0 Å². The van der Waals surface area contributed by atoms with Gasteiger partial charge >= 0.3 is 6.03 Å². The summed E-state index contributed by atoms with van der Waals surface area (Å²) in [5, 5.41) is 6.39. The first kappa shape index (κ1) is 29.4. The van der Waals surface area contributed by atoms with E-state index in [-0.39, 0.29) is 17.6 Å². The van der Waals surface area contributed by atoms with Gasteiger partial charge in [-0.25, -0.2) is 4.79 Å². The molecule has 4 aromatic rings. The molecule has 0 saturated carbocycles. The minimum atomic E-state index is -0.386. The standard InChI is InChI=1S/C34H38N6O4/c1-38-14-16-39(17-15-38)18-19-40-29-10-9-25(43-2)21-26(29)27(32(40)23-6-4-3-5-7-23)22-31-33(41)28-20-24(8-11-30(28)44-31)37-34(42)36-13-12-35/h3-11,20-22H,12-19,35H2,1-2H3,(H2,36,37,42)/b31-22-. The molecule has 2 aliphatic rings. The maximum atomic E-state index is 13.7. The molecule has 1 saturated heterocycles. The molecule has 1 fully saturated rings. The fourth-order valence-corrected chi connectivity index (χ4v) is 5.84. The van der Waals surface area contributed by atoms with Crippen molar-refractivity contribution < 1.29 is 19.1 Å². The number of nitrogens with zero attached hydrogens (tertiary/aromatic N) is 3. The molecule has 0 unspecified atom stereocenters. The van der Waals surface area contributed by atoms with Crippen LogP contribution in [-0.2, 0) is 6.54 Å². The van der Waals surface area contributed by atoms with E-state index in [1.165, 1.54) is 0 Å². The van der Waals surface area contributed by atoms with Crippen molar-refractivity contribution in [2.24, 2.45) is 5.73 Å². The van der Waals surface area contributed by atoms with Crippen LogP contribution in [0.3, 0.4) is 0 Å². The number of Topliss-reactive ketones (excluding diaryl/α,β-unsaturated/α-hetero) is 1. The number of amides is 2. The van der Waals surface area contributed by atoms with Crippen molar-refractivity contribution in [2.75, 3.05) is 65.3 Å². The lowest BCUT2D eigenvalue weighted by atomic mass is 10.0. The fourth-order valence-electron chi connectivity index (χ4n) is 5.84. The lowest BCUT2D eigenvalue weighted by molar-refractivity contribution is 0.101. The minimum absolute atomic E-state index is 0.225. The third kappa shape index (κ3) is 6.05. The zero-order valence-corrected chi connectivity index (χ0v) is 25.1. The third-order valence-corrected chi connectivity index (χ3v) is 8.22. The SMILES string of the molecule is COc1ccc2c(c1)c(/C=C1\Oc3ccc(NC(=O)NCCN)cc3C1=O)c(-c1ccccc1)n2CCN1CCN(C)CC1. The number of piperazine rings is 1. The second-order valence-corrected chi connectivity index (χ2v) is 11.1. The Labute approximate surface area is 257 Å². The van der Waals surface area contributed by atoms with Crippen molar-refractivity contribution in [3.8, 4) is 22.8 Å². The Hall–Kier alpha value is -4.64. The number of hydrogen-bond donors (Lipinski definition) is 3. The fraction of sp³-hybridized carbons (Fsp3) is 0.294. The van der Waals surface area contributed by atoms with Crippen molar-refractivity contribution in [1.82, 2.24) is 19.7 Å². The summed E-state index contributed by atoms with van der Waals surface area (Å²) < 4.78 is 14.1. The number of rotatable bonds is 9. The highest BCUT2D eigenvalue weighted by Gasteiger charge is 2.30. The number of nitrogens with two attached hydrogens (primary N) is 1. The van der Waals surface area contributed by atoms with E-state index in [1.807, 2.05) is 36.4 Å². The first-order valence-corrected chi connectivity index (χ1v) is 14.9. The van der Waals surface area contributed by atoms with Crippen LogP contribution < -0.4 is 25.8 Å². The average Bonchev–Trinajstić information content (AvgIpc) is 3.52. The highest BCUT2D eigenvalue weighted by atomic mass is 16.5. The molecule has 44 heavy (non-hydrogen) atoms. The van der Waals surface area contributed by atoms with Crippen LogP contribution in [0.25, 0.3) is 28.2 Å². The van der Waals surface area contributed by atoms with Crippen LogP contribution >= 0.6 is 0 Å². The molecule has 10 nitrogen and oxygen atoms in total. The van der Waals surface area contributed by atoms with E-state index < -0.39 is 0 Å². The predicted molar refractivity (Wildman–Crippen MR) is 173 cm³/mol. The summed E-state index contributed by atoms with van der Waals surface area (Å²) in [5.41, 5.74) is 10.4. The highest BCUT2D eigenvalue weighted by molar-refractivity contribution is 6.16. The summed E-state index contributed by atoms with van der Waals surface area (Å²) in [7, 11) is 3.82. The van der Waals surface area contributed by atoms with E-state index in [9.17, 15) is 9.59 Å². The van der Waals surface area contributed by atoms with Crippen LogP contribution in [-0.4, -0.2) is 86.2 Å². The van der Waals surface area contributed by atoms with Crippen molar-refractivity contribution in [2.45, 2.75) is 6.54 Å². The first-order valence-electron chi connectivity index (χ1n) is 14.9. The first-order chi connectivity index (χ1) is 21.4. The number of carbonyl (C=O) groups is 2. The Kier molecular flexibility index (Phi) is 8.65. The van der Waals surface area contributed by atoms with Gasteiger partial charge in [-0.3, -0.25) is 9.69 Å². The molecule has 2 aliphatic heterocycles. The topological polar surface area (TPSA) is 114 Å². The number of benzene rings is 3. The van der Waals surface area contributed by atoms with Gasteiger partial charge in [-0.15, -0.1) is 0 Å². The summed E-state index contributed by atoms with van der Waals surface area (Å²) in [6.07, 6.45) is 1.85. The number of ether oxygens (including phenoxy) is 2. The zero-order valence-electron chi connectivity index (χ0n) is 25.1. The molecule has 6 rings (SSSR count). The van der Waals surface area contributed by atoms with Crippen LogP contribution in [0.2, 0.25) is 0 Å². The Bertz CT molecular complexity index is 1710. The number of carbonyl (C=O) groups excluding carboxylic acids is 2. The second-order valence-electron chi connectivity index (χ2n) is 11.1. The van der Waals surface area contributed by atoms with Gasteiger partial charge in [0.1, 0.15) is 11.5 Å². The van der Waals surface area contributed by atoms with Gasteiger partial charge in [-0.1, -0.05) is 30.3 Å². The summed E-state index contributed by atoms with van der Waals surface area (Å²) in [6, 6.07) is 21.0. The molecular formula is C34H38N6O4. The van der Waals surface area contributed by atoms with Crippen LogP contribution in [0, 0.1) is 0 Å². The van der Waals surface area contributed by atoms with Crippen molar-refractivity contribution in [1.29, 1.82) is 0 Å². The summed E-state index contributed by atoms with van der Waals surface area (Å²) in [6.45, 7) is 6.57. The van der Waals surface area contributed by atoms with Crippen molar-refractivity contribution >= 4 is 34.5 Å². The molecule has 4 N–H and O–H groups in total. The number of hydrogen-bond acceptors (Lipinski definition) is 7. The Morgan fingerprint density at radius 3 is 2.57 bits per heavy atom. The second kappa shape index (κ2) is 12.9. The number of fused-ring (bicyclic) bond motifs is 2. The Morgan fingerprint density at radius 1 is 1.02 bits per heavy atom. The number of allylic oxidation sites excluding steroid dienone is 1. The molecular weight excluding hydrogens is 556 g/mol. The summed E-state index contributed by atoms with van der Waals surface area (Å²) >= 11 is 0. The number of aromatic nitrogens is 1. The molecule has 3 heterocycles. The predicted octanol–water partition coefficient (Wildman–Crippen LogP) is 4.26. The summed E-state index contributed by atoms with van der Waals surface area (Å²) in [5.74, 6) is 1.17. The van der Waals surface area contributed by atoms with Crippen LogP contribution in [0.1, 0.15) is 15.9 Å². The number of anilines is 1. The van der Waals surface area contributed by atoms with Gasteiger partial charge < -0.3 is 35.3 Å². The summed E-state index contributed by atoms with van der Waals surface area (Å²) in [4.78, 5) is 30.7. The normalized spacial score (nSPS) is 16.2. The largest absolute Gasteiger partial charge is 0.497 e. The molecule has 0 bridgehead atoms. The number of likely N-dealkylation sites (N-methyl/N-ethyl adjacent to an activating group) is 1. The molecule has 2 amide bonds. The van der Waals surface area contributed by atoms with Gasteiger partial charge in [0.2, 0.25) is 5.78 Å². The molecule has 0 spiro atoms. The molecule has 10 heteroatoms. The lowest BCUT2D eigenvalue weighted by Gasteiger charge is -2.32. The van der Waals surface area contributed by atoms with Gasteiger partial charge in [0.15, 0.2) is 5.76 Å². The van der Waals surface area contributed by atoms with E-state index in [4.69, 9.17) is 15.2 Å². The molecule has 0 atom stereocenters. The van der Waals surface area contributed by atoms with Gasteiger partial charge in [-0.2, -0.15) is 0 Å². The average molecular weight is 595 g/mol. The molecule has 1 aromatic heterocycles. The van der Waals surface area contributed by atoms with E-state index in [0.29, 0.717) is 30.1 Å². The smallest absolute Gasteiger partial charge is 0.319 e. The van der Waals surface area contributed by atoms with Gasteiger partial charge in [0, 0.05) is 74.5 Å². The molecule has 3 aromatic carbocycles. The quantitative estimate of drug-likeness (QED) is 0.248. The molecule has 0 aliphatic carbocycles. The van der Waals surface area contributed by atoms with Gasteiger partial charge in [0.05, 0.1) is 18.4 Å². The molecule has 228 valence electrons. The van der Waals surface area contributed by atoms with Crippen molar-refractivity contribution in [3.05, 3.63) is 83.6 Å². The Morgan fingerprint density at radius 2 is 1.82 bits per heavy atom. The van der Waals surface area contributed by atoms with Crippen LogP contribution in [0.4, 0.5) is 10.5 Å². The maximum absolute atomic E-state index is 13.7. The number of ketones is 1. The maximum Gasteiger partial charge on any atom is 0.319 e. The zero-order chi connectivity index (χ0) is 30.6. The number of nitrogens with one attached hydrogen (secondary N) is 2. The van der Waals surface area contributed by atoms with E-state index in [2.05, 4.69) is 50.2 Å². The van der Waals surface area contributed by atoms with E-state index in [0.717, 1.165) is 72.7 Å². The highest BCUT2D eigenvalue weighted by Crippen LogP contribution is 2.40. The lowest BCUT2D eigenvalue weighted by Crippen LogP contribution is -2.45. The third-order valence-electron chi connectivity index (χ3n) is 8.22. The number of methoxy groups -OCH3 is 1. The van der Waals surface area contributed by atoms with Crippen molar-refractivity contribution in [3.63, 3.8) is 0 Å². The van der Waals surface area contributed by atoms with Crippen LogP contribution in [0.15, 0.2) is 72.5 Å². The van der Waals surface area contributed by atoms with E-state index in [1.54, 1.807) is 25.3 Å². The van der Waals surface area contributed by atoms with Crippen LogP contribution in [0.5, 0.6) is 11.5 Å². The molecule has 0 radical (unpaired) electrons. The minimum Gasteiger partial charge on any atom is -0.497 e. The van der Waals surface area contributed by atoms with Gasteiger partial charge in [-0.05, 0) is 55.1 Å². The number of urea groups is 1. The monoisotopic (exact) mass is 594 g/mol.